The maximum atomic E-state index is 12.3. The van der Waals surface area contributed by atoms with Gasteiger partial charge in [0.15, 0.2) is 9.84 Å². The van der Waals surface area contributed by atoms with Crippen LogP contribution in [0, 0.1) is 0 Å². The van der Waals surface area contributed by atoms with Gasteiger partial charge < -0.3 is 14.1 Å². The van der Waals surface area contributed by atoms with E-state index in [9.17, 15) is 13.2 Å². The predicted octanol–water partition coefficient (Wildman–Crippen LogP) is 2.05. The average molecular weight is 363 g/mol. The molecule has 1 saturated heterocycles. The highest BCUT2D eigenvalue weighted by molar-refractivity contribution is 7.91. The highest BCUT2D eigenvalue weighted by atomic mass is 32.2. The molecule has 1 fully saturated rings. The minimum atomic E-state index is -3.30. The molecule has 3 rings (SSSR count). The van der Waals surface area contributed by atoms with Gasteiger partial charge in [-0.1, -0.05) is 12.1 Å². The molecule has 0 N–H and O–H groups in total. The number of sulfone groups is 1. The molecule has 0 saturated carbocycles. The minimum Gasteiger partial charge on any atom is -0.494 e. The maximum absolute atomic E-state index is 12.3. The molecule has 1 amide bonds. The van der Waals surface area contributed by atoms with Gasteiger partial charge in [-0.2, -0.15) is 0 Å². The number of furan rings is 1. The van der Waals surface area contributed by atoms with Crippen molar-refractivity contribution < 1.29 is 22.4 Å². The van der Waals surface area contributed by atoms with Gasteiger partial charge in [-0.05, 0) is 36.8 Å². The fourth-order valence-corrected chi connectivity index (χ4v) is 4.35. The third-order valence-corrected chi connectivity index (χ3v) is 6.22. The van der Waals surface area contributed by atoms with Crippen LogP contribution in [0.15, 0.2) is 47.1 Å². The topological polar surface area (TPSA) is 76.8 Å². The van der Waals surface area contributed by atoms with E-state index >= 15 is 0 Å². The Morgan fingerprint density at radius 3 is 2.56 bits per heavy atom. The van der Waals surface area contributed by atoms with Gasteiger partial charge in [0.2, 0.25) is 5.91 Å². The molecule has 1 aromatic carbocycles. The van der Waals surface area contributed by atoms with Gasteiger partial charge in [0.05, 0.1) is 24.5 Å². The van der Waals surface area contributed by atoms with Gasteiger partial charge in [0, 0.05) is 13.1 Å². The van der Waals surface area contributed by atoms with Gasteiger partial charge in [-0.25, -0.2) is 8.42 Å². The van der Waals surface area contributed by atoms with Crippen LogP contribution in [0.3, 0.4) is 0 Å². The summed E-state index contributed by atoms with van der Waals surface area (Å²) >= 11 is 0. The number of hydrogen-bond donors (Lipinski definition) is 0. The second kappa shape index (κ2) is 7.31. The number of carbonyl (C=O) groups excluding carboxylic acids is 1. The van der Waals surface area contributed by atoms with Crippen molar-refractivity contribution in [3.63, 3.8) is 0 Å². The van der Waals surface area contributed by atoms with Crippen LogP contribution < -0.4 is 4.74 Å². The first-order chi connectivity index (χ1) is 12.0. The van der Waals surface area contributed by atoms with Crippen LogP contribution in [0.4, 0.5) is 0 Å². The van der Waals surface area contributed by atoms with E-state index in [-0.39, 0.29) is 31.2 Å². The number of rotatable bonds is 7. The zero-order valence-corrected chi connectivity index (χ0v) is 14.9. The first-order valence-electron chi connectivity index (χ1n) is 8.21. The lowest BCUT2D eigenvalue weighted by molar-refractivity contribution is -0.133. The summed E-state index contributed by atoms with van der Waals surface area (Å²) in [6, 6.07) is 10.7. The van der Waals surface area contributed by atoms with E-state index in [1.807, 2.05) is 31.2 Å². The Morgan fingerprint density at radius 2 is 1.96 bits per heavy atom. The van der Waals surface area contributed by atoms with Crippen molar-refractivity contribution in [3.05, 3.63) is 54.0 Å². The van der Waals surface area contributed by atoms with Crippen LogP contribution in [-0.4, -0.2) is 44.2 Å². The lowest BCUT2D eigenvalue weighted by Gasteiger charge is -2.38. The van der Waals surface area contributed by atoms with Crippen molar-refractivity contribution in [3.8, 4) is 5.75 Å². The van der Waals surface area contributed by atoms with E-state index < -0.39 is 15.1 Å². The Labute approximate surface area is 147 Å². The normalized spacial score (nSPS) is 15.0. The largest absolute Gasteiger partial charge is 0.494 e. The Morgan fingerprint density at radius 1 is 1.24 bits per heavy atom. The van der Waals surface area contributed by atoms with Gasteiger partial charge in [0.25, 0.3) is 0 Å². The van der Waals surface area contributed by atoms with Gasteiger partial charge in [0.1, 0.15) is 17.3 Å². The number of hydrogen-bond acceptors (Lipinski definition) is 5. The minimum absolute atomic E-state index is 0.0615. The number of ether oxygens (including phenoxy) is 1. The smallest absolute Gasteiger partial charge is 0.227 e. The summed E-state index contributed by atoms with van der Waals surface area (Å²) in [5.74, 6) is 1.02. The number of nitrogens with zero attached hydrogens (tertiary/aromatic N) is 1. The predicted molar refractivity (Wildman–Crippen MR) is 93.0 cm³/mol. The van der Waals surface area contributed by atoms with Crippen molar-refractivity contribution in [2.75, 3.05) is 19.7 Å². The molecule has 0 spiro atoms. The first kappa shape index (κ1) is 17.5. The number of likely N-dealkylation sites (tertiary alicyclic amines) is 1. The first-order valence-corrected chi connectivity index (χ1v) is 9.93. The Balaban J connectivity index is 1.51. The highest BCUT2D eigenvalue weighted by Gasteiger charge is 2.39. The standard InChI is InChI=1S/C18H21NO5S/c1-2-23-15-7-5-14(6-8-15)10-18(20)19-11-17(12-19)25(21,22)13-16-4-3-9-24-16/h3-9,17H,2,10-13H2,1H3. The SMILES string of the molecule is CCOc1ccc(CC(=O)N2CC(S(=O)(=O)Cc3ccco3)C2)cc1. The molecule has 0 unspecified atom stereocenters. The van der Waals surface area contributed by atoms with E-state index in [1.165, 1.54) is 6.26 Å². The van der Waals surface area contributed by atoms with Crippen LogP contribution in [-0.2, 0) is 26.8 Å². The summed E-state index contributed by atoms with van der Waals surface area (Å²) in [7, 11) is -3.30. The van der Waals surface area contributed by atoms with Crippen molar-refractivity contribution in [2.45, 2.75) is 24.3 Å². The summed E-state index contributed by atoms with van der Waals surface area (Å²) in [6.45, 7) is 3.01. The van der Waals surface area contributed by atoms with E-state index in [1.54, 1.807) is 17.0 Å². The molecule has 7 heteroatoms. The third-order valence-electron chi connectivity index (χ3n) is 4.22. The molecule has 1 aromatic heterocycles. The average Bonchev–Trinajstić information content (AvgIpc) is 2.99. The Hall–Kier alpha value is -2.28. The molecule has 25 heavy (non-hydrogen) atoms. The van der Waals surface area contributed by atoms with Crippen LogP contribution >= 0.6 is 0 Å². The maximum Gasteiger partial charge on any atom is 0.227 e. The monoisotopic (exact) mass is 363 g/mol. The van der Waals surface area contributed by atoms with Crippen LogP contribution in [0.1, 0.15) is 18.2 Å². The Bertz CT molecular complexity index is 806. The molecule has 2 aromatic rings. The van der Waals surface area contributed by atoms with Crippen LogP contribution in [0.5, 0.6) is 5.75 Å². The van der Waals surface area contributed by atoms with E-state index in [0.717, 1.165) is 11.3 Å². The second-order valence-electron chi connectivity index (χ2n) is 6.06. The lowest BCUT2D eigenvalue weighted by atomic mass is 10.1. The van der Waals surface area contributed by atoms with Crippen LogP contribution in [0.25, 0.3) is 0 Å². The number of carbonyl (C=O) groups is 1. The summed E-state index contributed by atoms with van der Waals surface area (Å²) in [5.41, 5.74) is 0.885. The zero-order valence-electron chi connectivity index (χ0n) is 14.1. The van der Waals surface area contributed by atoms with E-state index in [4.69, 9.17) is 9.15 Å². The van der Waals surface area contributed by atoms with Crippen molar-refractivity contribution >= 4 is 15.7 Å². The van der Waals surface area contributed by atoms with Crippen molar-refractivity contribution in [1.29, 1.82) is 0 Å². The quantitative estimate of drug-likeness (QED) is 0.752. The van der Waals surface area contributed by atoms with Gasteiger partial charge in [-0.3, -0.25) is 4.79 Å². The molecular formula is C18H21NO5S. The molecule has 1 aliphatic rings. The van der Waals surface area contributed by atoms with Crippen molar-refractivity contribution in [1.82, 2.24) is 4.90 Å². The summed E-state index contributed by atoms with van der Waals surface area (Å²) < 4.78 is 35.1. The summed E-state index contributed by atoms with van der Waals surface area (Å²) in [4.78, 5) is 13.9. The van der Waals surface area contributed by atoms with Gasteiger partial charge in [-0.15, -0.1) is 0 Å². The zero-order chi connectivity index (χ0) is 17.9. The molecule has 6 nitrogen and oxygen atoms in total. The summed E-state index contributed by atoms with van der Waals surface area (Å²) in [6.07, 6.45) is 1.72. The molecule has 1 aliphatic heterocycles. The summed E-state index contributed by atoms with van der Waals surface area (Å²) in [5, 5.41) is -0.512. The molecule has 0 atom stereocenters. The molecule has 134 valence electrons. The fraction of sp³-hybridized carbons (Fsp3) is 0.389. The molecule has 0 bridgehead atoms. The Kier molecular flexibility index (Phi) is 5.13. The number of amides is 1. The molecular weight excluding hydrogens is 342 g/mol. The highest BCUT2D eigenvalue weighted by Crippen LogP contribution is 2.22. The van der Waals surface area contributed by atoms with Crippen LogP contribution in [0.2, 0.25) is 0 Å². The van der Waals surface area contributed by atoms with E-state index in [2.05, 4.69) is 0 Å². The number of benzene rings is 1. The van der Waals surface area contributed by atoms with E-state index in [0.29, 0.717) is 12.4 Å². The molecule has 0 radical (unpaired) electrons. The lowest BCUT2D eigenvalue weighted by Crippen LogP contribution is -2.57. The van der Waals surface area contributed by atoms with Crippen molar-refractivity contribution in [2.24, 2.45) is 0 Å². The third kappa shape index (κ3) is 4.22. The van der Waals surface area contributed by atoms with Gasteiger partial charge >= 0.3 is 0 Å². The molecule has 0 aliphatic carbocycles. The second-order valence-corrected chi connectivity index (χ2v) is 8.34. The fourth-order valence-electron chi connectivity index (χ4n) is 2.74. The molecule has 2 heterocycles.